The molecule has 0 aromatic carbocycles. The summed E-state index contributed by atoms with van der Waals surface area (Å²) in [6.45, 7) is 12.0. The summed E-state index contributed by atoms with van der Waals surface area (Å²) in [4.78, 5) is 8.72. The highest BCUT2D eigenvalue weighted by molar-refractivity contribution is 7.14. The summed E-state index contributed by atoms with van der Waals surface area (Å²) >= 11 is 3.31. The van der Waals surface area contributed by atoms with Crippen LogP contribution in [0.1, 0.15) is 38.4 Å². The van der Waals surface area contributed by atoms with Crippen molar-refractivity contribution in [1.82, 2.24) is 9.97 Å². The minimum absolute atomic E-state index is 1.01. The average molecular weight is 256 g/mol. The van der Waals surface area contributed by atoms with Crippen LogP contribution in [0.15, 0.2) is 10.8 Å². The summed E-state index contributed by atoms with van der Waals surface area (Å²) in [6.07, 6.45) is 0. The van der Waals surface area contributed by atoms with Gasteiger partial charge in [0.2, 0.25) is 0 Å². The third-order valence-corrected chi connectivity index (χ3v) is 3.21. The second-order valence-electron chi connectivity index (χ2n) is 2.55. The number of aromatic nitrogens is 2. The Balaban J connectivity index is 0.000000509. The molecule has 0 saturated carbocycles. The molecule has 0 amide bonds. The zero-order valence-corrected chi connectivity index (χ0v) is 12.5. The van der Waals surface area contributed by atoms with Gasteiger partial charge in [-0.05, 0) is 13.8 Å². The van der Waals surface area contributed by atoms with Gasteiger partial charge < -0.3 is 0 Å². The first-order valence-corrected chi connectivity index (χ1v) is 7.36. The Bertz CT molecular complexity index is 353. The lowest BCUT2D eigenvalue weighted by Gasteiger charge is -1.84. The van der Waals surface area contributed by atoms with E-state index < -0.39 is 0 Å². The molecule has 90 valence electrons. The fraction of sp³-hybridized carbons (Fsp3) is 0.500. The van der Waals surface area contributed by atoms with Crippen molar-refractivity contribution in [3.63, 3.8) is 0 Å². The maximum Gasteiger partial charge on any atom is 0.142 e. The van der Waals surface area contributed by atoms with Crippen LogP contribution in [0.5, 0.6) is 0 Å². The quantitative estimate of drug-likeness (QED) is 0.722. The summed E-state index contributed by atoms with van der Waals surface area (Å²) in [5.74, 6) is 0. The van der Waals surface area contributed by atoms with Crippen LogP contribution >= 0.6 is 22.7 Å². The van der Waals surface area contributed by atoms with Crippen molar-refractivity contribution in [2.75, 3.05) is 0 Å². The van der Waals surface area contributed by atoms with Crippen molar-refractivity contribution in [2.24, 2.45) is 0 Å². The summed E-state index contributed by atoms with van der Waals surface area (Å²) in [7, 11) is 0. The molecule has 0 N–H and O–H groups in total. The Morgan fingerprint density at radius 3 is 1.88 bits per heavy atom. The zero-order chi connectivity index (χ0) is 12.6. The number of aryl methyl sites for hydroxylation is 2. The van der Waals surface area contributed by atoms with Crippen molar-refractivity contribution in [3.05, 3.63) is 21.5 Å². The molecule has 0 aliphatic rings. The van der Waals surface area contributed by atoms with E-state index in [1.807, 2.05) is 52.3 Å². The molecule has 2 heterocycles. The van der Waals surface area contributed by atoms with Gasteiger partial charge in [0.25, 0.3) is 0 Å². The number of rotatable bonds is 1. The van der Waals surface area contributed by atoms with Crippen LogP contribution in [0.3, 0.4) is 0 Å². The van der Waals surface area contributed by atoms with Crippen LogP contribution in [0.4, 0.5) is 0 Å². The Morgan fingerprint density at radius 2 is 1.50 bits per heavy atom. The molecule has 0 aliphatic carbocycles. The Labute approximate surface area is 106 Å². The minimum Gasteiger partial charge on any atom is -0.240 e. The SMILES string of the molecule is CC.CC.Cc1csc(-c2csc(C)n2)n1. The van der Waals surface area contributed by atoms with Crippen LogP contribution in [0, 0.1) is 13.8 Å². The smallest absolute Gasteiger partial charge is 0.142 e. The van der Waals surface area contributed by atoms with E-state index in [0.717, 1.165) is 21.4 Å². The van der Waals surface area contributed by atoms with E-state index in [1.165, 1.54) is 0 Å². The number of hydrogen-bond donors (Lipinski definition) is 0. The molecule has 2 aromatic heterocycles. The second kappa shape index (κ2) is 8.42. The van der Waals surface area contributed by atoms with E-state index in [9.17, 15) is 0 Å². The molecular weight excluding hydrogens is 236 g/mol. The van der Waals surface area contributed by atoms with Gasteiger partial charge in [0.05, 0.1) is 5.01 Å². The van der Waals surface area contributed by atoms with Crippen LogP contribution < -0.4 is 0 Å². The summed E-state index contributed by atoms with van der Waals surface area (Å²) < 4.78 is 0. The van der Waals surface area contributed by atoms with E-state index in [0.29, 0.717) is 0 Å². The Kier molecular flexibility index (Phi) is 8.03. The van der Waals surface area contributed by atoms with Gasteiger partial charge in [0.1, 0.15) is 10.7 Å². The number of hydrogen-bond acceptors (Lipinski definition) is 4. The summed E-state index contributed by atoms with van der Waals surface area (Å²) in [5.41, 5.74) is 2.08. The van der Waals surface area contributed by atoms with E-state index in [1.54, 1.807) is 22.7 Å². The molecule has 4 heteroatoms. The molecule has 0 spiro atoms. The van der Waals surface area contributed by atoms with Crippen LogP contribution in [-0.2, 0) is 0 Å². The normalized spacial score (nSPS) is 8.62. The van der Waals surface area contributed by atoms with Crippen LogP contribution in [-0.4, -0.2) is 9.97 Å². The molecule has 0 radical (unpaired) electrons. The molecule has 0 bridgehead atoms. The molecule has 0 aliphatic heterocycles. The van der Waals surface area contributed by atoms with Gasteiger partial charge in [-0.25, -0.2) is 9.97 Å². The first-order valence-electron chi connectivity index (χ1n) is 5.60. The lowest BCUT2D eigenvalue weighted by molar-refractivity contribution is 1.23. The fourth-order valence-corrected chi connectivity index (χ4v) is 2.36. The molecule has 2 aromatic rings. The zero-order valence-electron chi connectivity index (χ0n) is 10.9. The van der Waals surface area contributed by atoms with E-state index >= 15 is 0 Å². The predicted molar refractivity (Wildman–Crippen MR) is 75.4 cm³/mol. The van der Waals surface area contributed by atoms with Gasteiger partial charge in [-0.3, -0.25) is 0 Å². The van der Waals surface area contributed by atoms with Gasteiger partial charge in [-0.2, -0.15) is 0 Å². The van der Waals surface area contributed by atoms with Crippen molar-refractivity contribution in [1.29, 1.82) is 0 Å². The van der Waals surface area contributed by atoms with Gasteiger partial charge in [0.15, 0.2) is 0 Å². The molecule has 0 unspecified atom stereocenters. The summed E-state index contributed by atoms with van der Waals surface area (Å²) in [6, 6.07) is 0. The van der Waals surface area contributed by atoms with Crippen molar-refractivity contribution in [3.8, 4) is 10.7 Å². The van der Waals surface area contributed by atoms with Gasteiger partial charge in [-0.15, -0.1) is 22.7 Å². The maximum atomic E-state index is 4.36. The predicted octanol–water partition coefficient (Wildman–Crippen LogP) is 4.94. The second-order valence-corrected chi connectivity index (χ2v) is 4.47. The molecule has 0 fully saturated rings. The van der Waals surface area contributed by atoms with Crippen molar-refractivity contribution < 1.29 is 0 Å². The highest BCUT2D eigenvalue weighted by atomic mass is 32.1. The largest absolute Gasteiger partial charge is 0.240 e. The molecule has 2 nitrogen and oxygen atoms in total. The topological polar surface area (TPSA) is 25.8 Å². The third kappa shape index (κ3) is 4.41. The lowest BCUT2D eigenvalue weighted by atomic mass is 10.5. The van der Waals surface area contributed by atoms with Gasteiger partial charge in [0, 0.05) is 16.5 Å². The van der Waals surface area contributed by atoms with Crippen molar-refractivity contribution >= 4 is 22.7 Å². The van der Waals surface area contributed by atoms with Gasteiger partial charge in [-0.1, -0.05) is 27.7 Å². The monoisotopic (exact) mass is 256 g/mol. The number of thiazole rings is 2. The van der Waals surface area contributed by atoms with E-state index in [-0.39, 0.29) is 0 Å². The first-order chi connectivity index (χ1) is 7.75. The van der Waals surface area contributed by atoms with Crippen molar-refractivity contribution in [2.45, 2.75) is 41.5 Å². The molecular formula is C12H20N2S2. The minimum atomic E-state index is 1.01. The highest BCUT2D eigenvalue weighted by Gasteiger charge is 2.04. The standard InChI is InChI=1S/C8H8N2S2.2C2H6/c1-5-3-12-8(9-5)7-4-11-6(2)10-7;2*1-2/h3-4H,1-2H3;2*1-2H3. The van der Waals surface area contributed by atoms with Crippen LogP contribution in [0.25, 0.3) is 10.7 Å². The molecule has 0 saturated heterocycles. The number of nitrogens with zero attached hydrogens (tertiary/aromatic N) is 2. The molecule has 0 atom stereocenters. The maximum absolute atomic E-state index is 4.36. The summed E-state index contributed by atoms with van der Waals surface area (Å²) in [5, 5.41) is 6.21. The van der Waals surface area contributed by atoms with E-state index in [2.05, 4.69) is 9.97 Å². The lowest BCUT2D eigenvalue weighted by Crippen LogP contribution is -1.76. The van der Waals surface area contributed by atoms with Gasteiger partial charge >= 0.3 is 0 Å². The molecule has 16 heavy (non-hydrogen) atoms. The van der Waals surface area contributed by atoms with E-state index in [4.69, 9.17) is 0 Å². The highest BCUT2D eigenvalue weighted by Crippen LogP contribution is 2.24. The third-order valence-electron chi connectivity index (χ3n) is 1.46. The first kappa shape index (κ1) is 15.3. The average Bonchev–Trinajstić information content (AvgIpc) is 2.93. The fourth-order valence-electron chi connectivity index (χ4n) is 0.933. The molecule has 2 rings (SSSR count). The Morgan fingerprint density at radius 1 is 0.875 bits per heavy atom. The Hall–Kier alpha value is -0.740. The van der Waals surface area contributed by atoms with Crippen LogP contribution in [0.2, 0.25) is 0 Å².